The molecule has 30 heavy (non-hydrogen) atoms. The summed E-state index contributed by atoms with van der Waals surface area (Å²) in [5.41, 5.74) is 4.19. The van der Waals surface area contributed by atoms with Crippen molar-refractivity contribution < 1.29 is 8.78 Å². The van der Waals surface area contributed by atoms with Crippen molar-refractivity contribution >= 4 is 5.96 Å². The molecular formula is C22H32F2N6. The van der Waals surface area contributed by atoms with Gasteiger partial charge in [-0.2, -0.15) is 5.10 Å². The van der Waals surface area contributed by atoms with Gasteiger partial charge in [-0.15, -0.1) is 0 Å². The molecule has 0 atom stereocenters. The summed E-state index contributed by atoms with van der Waals surface area (Å²) in [4.78, 5) is 6.62. The Morgan fingerprint density at radius 2 is 1.97 bits per heavy atom. The van der Waals surface area contributed by atoms with Crippen molar-refractivity contribution in [3.8, 4) is 5.69 Å². The minimum absolute atomic E-state index is 0.135. The Bertz CT molecular complexity index is 840. The number of nitrogens with one attached hydrogen (secondary N) is 2. The second-order valence-corrected chi connectivity index (χ2v) is 7.77. The molecule has 0 amide bonds. The van der Waals surface area contributed by atoms with Crippen molar-refractivity contribution in [1.82, 2.24) is 25.3 Å². The molecule has 1 aliphatic rings. The summed E-state index contributed by atoms with van der Waals surface area (Å²) in [6, 6.07) is 10.5. The molecule has 2 heterocycles. The molecule has 0 bridgehead atoms. The van der Waals surface area contributed by atoms with Gasteiger partial charge in [-0.25, -0.2) is 18.5 Å². The number of alkyl halides is 2. The van der Waals surface area contributed by atoms with E-state index in [1.54, 1.807) is 0 Å². The summed E-state index contributed by atoms with van der Waals surface area (Å²) in [5.74, 6) is 0.757. The highest BCUT2D eigenvalue weighted by Gasteiger charge is 2.22. The van der Waals surface area contributed by atoms with E-state index in [4.69, 9.17) is 4.99 Å². The van der Waals surface area contributed by atoms with E-state index < -0.39 is 6.43 Å². The fourth-order valence-electron chi connectivity index (χ4n) is 3.86. The quantitative estimate of drug-likeness (QED) is 0.535. The summed E-state index contributed by atoms with van der Waals surface area (Å²) in [7, 11) is 0. The molecule has 1 saturated heterocycles. The second kappa shape index (κ2) is 10.5. The van der Waals surface area contributed by atoms with Crippen LogP contribution in [0.4, 0.5) is 8.78 Å². The van der Waals surface area contributed by atoms with Gasteiger partial charge in [0.25, 0.3) is 6.43 Å². The van der Waals surface area contributed by atoms with E-state index in [1.807, 2.05) is 42.5 Å². The summed E-state index contributed by atoms with van der Waals surface area (Å²) in [6.07, 6.45) is -0.602. The van der Waals surface area contributed by atoms with Gasteiger partial charge in [0.15, 0.2) is 5.96 Å². The van der Waals surface area contributed by atoms with Crippen LogP contribution in [-0.2, 0) is 6.54 Å². The number of guanidine groups is 1. The first-order valence-corrected chi connectivity index (χ1v) is 10.6. The van der Waals surface area contributed by atoms with Gasteiger partial charge in [-0.05, 0) is 51.3 Å². The first-order chi connectivity index (χ1) is 14.5. The van der Waals surface area contributed by atoms with Crippen LogP contribution in [0.25, 0.3) is 5.69 Å². The number of benzene rings is 1. The number of likely N-dealkylation sites (tertiary alicyclic amines) is 1. The van der Waals surface area contributed by atoms with Crippen LogP contribution >= 0.6 is 0 Å². The van der Waals surface area contributed by atoms with Crippen molar-refractivity contribution in [2.75, 3.05) is 26.2 Å². The van der Waals surface area contributed by atoms with Crippen LogP contribution in [0, 0.1) is 13.8 Å². The third-order valence-electron chi connectivity index (χ3n) is 5.31. The van der Waals surface area contributed by atoms with Gasteiger partial charge in [0.05, 0.1) is 24.5 Å². The Kier molecular flexibility index (Phi) is 7.79. The SMILES string of the molecule is CCNC(=NCc1ccccc1-n1nc(C)cc1C)NC1CCN(CC(F)F)CC1. The minimum atomic E-state index is -2.27. The van der Waals surface area contributed by atoms with Crippen LogP contribution < -0.4 is 10.6 Å². The van der Waals surface area contributed by atoms with E-state index >= 15 is 0 Å². The van der Waals surface area contributed by atoms with Crippen LogP contribution in [0.2, 0.25) is 0 Å². The lowest BCUT2D eigenvalue weighted by atomic mass is 10.1. The summed E-state index contributed by atoms with van der Waals surface area (Å²) < 4.78 is 27.1. The fraction of sp³-hybridized carbons (Fsp3) is 0.545. The lowest BCUT2D eigenvalue weighted by Gasteiger charge is -2.32. The van der Waals surface area contributed by atoms with Gasteiger partial charge < -0.3 is 10.6 Å². The lowest BCUT2D eigenvalue weighted by molar-refractivity contribution is 0.0744. The molecule has 1 fully saturated rings. The number of aliphatic imine (C=N–C) groups is 1. The summed E-state index contributed by atoms with van der Waals surface area (Å²) >= 11 is 0. The molecule has 0 unspecified atom stereocenters. The molecular weight excluding hydrogens is 386 g/mol. The zero-order chi connectivity index (χ0) is 21.5. The van der Waals surface area contributed by atoms with Crippen molar-refractivity contribution in [2.45, 2.75) is 52.6 Å². The molecule has 6 nitrogen and oxygen atoms in total. The number of nitrogens with zero attached hydrogens (tertiary/aromatic N) is 4. The summed E-state index contributed by atoms with van der Waals surface area (Å²) in [6.45, 7) is 8.58. The number of piperidine rings is 1. The maximum absolute atomic E-state index is 12.6. The monoisotopic (exact) mass is 418 g/mol. The highest BCUT2D eigenvalue weighted by molar-refractivity contribution is 5.80. The Balaban J connectivity index is 1.67. The van der Waals surface area contributed by atoms with Crippen LogP contribution in [0.15, 0.2) is 35.3 Å². The average molecular weight is 419 g/mol. The molecule has 1 aromatic carbocycles. The standard InChI is InChI=1S/C22H32F2N6/c1-4-25-22(27-19-9-11-29(12-10-19)15-21(23)24)26-14-18-7-5-6-8-20(18)30-17(3)13-16(2)28-30/h5-8,13,19,21H,4,9-12,14-15H2,1-3H3,(H2,25,26,27). The highest BCUT2D eigenvalue weighted by atomic mass is 19.3. The van der Waals surface area contributed by atoms with Crippen molar-refractivity contribution in [2.24, 2.45) is 4.99 Å². The molecule has 3 rings (SSSR count). The van der Waals surface area contributed by atoms with Crippen LogP contribution in [0.3, 0.4) is 0 Å². The van der Waals surface area contributed by atoms with Crippen LogP contribution in [-0.4, -0.2) is 59.3 Å². The zero-order valence-electron chi connectivity index (χ0n) is 18.0. The third-order valence-corrected chi connectivity index (χ3v) is 5.31. The first-order valence-electron chi connectivity index (χ1n) is 10.6. The average Bonchev–Trinajstić information content (AvgIpc) is 3.05. The number of aromatic nitrogens is 2. The van der Waals surface area contributed by atoms with Gasteiger partial charge in [0, 0.05) is 31.4 Å². The molecule has 2 aromatic rings. The maximum Gasteiger partial charge on any atom is 0.251 e. The molecule has 0 saturated carbocycles. The molecule has 8 heteroatoms. The number of rotatable bonds is 7. The van der Waals surface area contributed by atoms with Crippen LogP contribution in [0.5, 0.6) is 0 Å². The molecule has 1 aromatic heterocycles. The molecule has 2 N–H and O–H groups in total. The van der Waals surface area contributed by atoms with Gasteiger partial charge in [0.1, 0.15) is 0 Å². The number of hydrogen-bond acceptors (Lipinski definition) is 3. The largest absolute Gasteiger partial charge is 0.357 e. The van der Waals surface area contributed by atoms with Gasteiger partial charge in [-0.3, -0.25) is 4.90 Å². The normalized spacial score (nSPS) is 16.3. The van der Waals surface area contributed by atoms with E-state index in [-0.39, 0.29) is 12.6 Å². The van der Waals surface area contributed by atoms with Crippen molar-refractivity contribution in [1.29, 1.82) is 0 Å². The Morgan fingerprint density at radius 1 is 1.23 bits per heavy atom. The number of aryl methyl sites for hydroxylation is 2. The molecule has 0 spiro atoms. The number of para-hydroxylation sites is 1. The molecule has 0 radical (unpaired) electrons. The van der Waals surface area contributed by atoms with Crippen LogP contribution in [0.1, 0.15) is 36.7 Å². The highest BCUT2D eigenvalue weighted by Crippen LogP contribution is 2.18. The lowest BCUT2D eigenvalue weighted by Crippen LogP contribution is -2.49. The third kappa shape index (κ3) is 6.01. The van der Waals surface area contributed by atoms with E-state index in [0.29, 0.717) is 19.6 Å². The maximum atomic E-state index is 12.6. The van der Waals surface area contributed by atoms with E-state index in [2.05, 4.69) is 33.9 Å². The minimum Gasteiger partial charge on any atom is -0.357 e. The van der Waals surface area contributed by atoms with E-state index in [0.717, 1.165) is 48.0 Å². The summed E-state index contributed by atoms with van der Waals surface area (Å²) in [5, 5.41) is 11.4. The Morgan fingerprint density at radius 3 is 2.60 bits per heavy atom. The Labute approximate surface area is 177 Å². The van der Waals surface area contributed by atoms with E-state index in [1.165, 1.54) is 0 Å². The predicted molar refractivity (Wildman–Crippen MR) is 116 cm³/mol. The first kappa shape index (κ1) is 22.2. The van der Waals surface area contributed by atoms with Crippen molar-refractivity contribution in [3.63, 3.8) is 0 Å². The molecule has 0 aliphatic carbocycles. The zero-order valence-corrected chi connectivity index (χ0v) is 18.0. The molecule has 1 aliphatic heterocycles. The fourth-order valence-corrected chi connectivity index (χ4v) is 3.86. The predicted octanol–water partition coefficient (Wildman–Crippen LogP) is 3.27. The smallest absolute Gasteiger partial charge is 0.251 e. The number of hydrogen-bond donors (Lipinski definition) is 2. The van der Waals surface area contributed by atoms with E-state index in [9.17, 15) is 8.78 Å². The van der Waals surface area contributed by atoms with Gasteiger partial charge in [0.2, 0.25) is 0 Å². The number of halogens is 2. The molecule has 164 valence electrons. The van der Waals surface area contributed by atoms with Crippen molar-refractivity contribution in [3.05, 3.63) is 47.3 Å². The van der Waals surface area contributed by atoms with Gasteiger partial charge in [-0.1, -0.05) is 18.2 Å². The topological polar surface area (TPSA) is 57.5 Å². The second-order valence-electron chi connectivity index (χ2n) is 7.77. The van der Waals surface area contributed by atoms with Gasteiger partial charge >= 0.3 is 0 Å². The Hall–Kier alpha value is -2.48.